The van der Waals surface area contributed by atoms with Crippen molar-refractivity contribution in [2.45, 2.75) is 51.0 Å². The highest BCUT2D eigenvalue weighted by Gasteiger charge is 2.36. The molecule has 33 heavy (non-hydrogen) atoms. The van der Waals surface area contributed by atoms with Gasteiger partial charge in [-0.15, -0.1) is 0 Å². The first-order valence-corrected chi connectivity index (χ1v) is 12.0. The van der Waals surface area contributed by atoms with E-state index in [0.29, 0.717) is 45.8 Å². The fourth-order valence-electron chi connectivity index (χ4n) is 3.44. The zero-order valence-corrected chi connectivity index (χ0v) is 21.3. The Morgan fingerprint density at radius 1 is 1.33 bits per heavy atom. The van der Waals surface area contributed by atoms with Crippen molar-refractivity contribution < 1.29 is 34.0 Å². The summed E-state index contributed by atoms with van der Waals surface area (Å²) in [5, 5.41) is 26.0. The molecule has 1 aliphatic carbocycles. The topological polar surface area (TPSA) is 126 Å². The molecule has 3 atom stereocenters. The number of ether oxygens (including phenoxy) is 3. The highest BCUT2D eigenvalue weighted by atomic mass is 127. The maximum absolute atomic E-state index is 12.6. The van der Waals surface area contributed by atoms with Crippen LogP contribution in [0.2, 0.25) is 0 Å². The summed E-state index contributed by atoms with van der Waals surface area (Å²) in [6.45, 7) is 5.09. The number of rotatable bonds is 13. The normalized spacial score (nSPS) is 20.3. The Balaban J connectivity index is 2.22. The van der Waals surface area contributed by atoms with Crippen LogP contribution in [0.4, 0.5) is 0 Å². The van der Waals surface area contributed by atoms with Gasteiger partial charge in [0.25, 0.3) is 0 Å². The van der Waals surface area contributed by atoms with Crippen LogP contribution in [-0.4, -0.2) is 80.2 Å². The van der Waals surface area contributed by atoms with Crippen molar-refractivity contribution >= 4 is 34.8 Å². The maximum Gasteiger partial charge on any atom is 0.247 e. The number of aliphatic hydroxyl groups is 2. The fraction of sp³-hybridized carbons (Fsp3) is 0.565. The van der Waals surface area contributed by atoms with Crippen molar-refractivity contribution in [1.82, 2.24) is 10.6 Å². The SMILES string of the molecule is COc1cc(C=O)cc(I)c1OC1C=C(C(=O)NCCO)CC(NCCCOC(C)C)C1O. The second-order valence-corrected chi connectivity index (χ2v) is 9.10. The molecule has 0 bridgehead atoms. The zero-order chi connectivity index (χ0) is 24.4. The van der Waals surface area contributed by atoms with E-state index in [0.717, 1.165) is 12.7 Å². The van der Waals surface area contributed by atoms with Gasteiger partial charge in [-0.2, -0.15) is 0 Å². The first kappa shape index (κ1) is 27.5. The van der Waals surface area contributed by atoms with E-state index in [4.69, 9.17) is 19.3 Å². The minimum absolute atomic E-state index is 0.133. The lowest BCUT2D eigenvalue weighted by Crippen LogP contribution is -2.52. The molecule has 0 spiro atoms. The molecule has 0 saturated heterocycles. The van der Waals surface area contributed by atoms with E-state index in [9.17, 15) is 14.7 Å². The lowest BCUT2D eigenvalue weighted by molar-refractivity contribution is -0.118. The van der Waals surface area contributed by atoms with Gasteiger partial charge in [-0.3, -0.25) is 9.59 Å². The first-order valence-electron chi connectivity index (χ1n) is 10.9. The molecule has 0 fully saturated rings. The highest BCUT2D eigenvalue weighted by Crippen LogP contribution is 2.36. The predicted molar refractivity (Wildman–Crippen MR) is 132 cm³/mol. The van der Waals surface area contributed by atoms with Crippen molar-refractivity contribution in [3.63, 3.8) is 0 Å². The molecule has 0 radical (unpaired) electrons. The number of nitrogens with one attached hydrogen (secondary N) is 2. The Labute approximate surface area is 208 Å². The van der Waals surface area contributed by atoms with Crippen molar-refractivity contribution in [1.29, 1.82) is 0 Å². The molecular weight excluding hydrogens is 543 g/mol. The van der Waals surface area contributed by atoms with Gasteiger partial charge >= 0.3 is 0 Å². The number of aldehydes is 1. The summed E-state index contributed by atoms with van der Waals surface area (Å²) in [6.07, 6.45) is 1.76. The molecule has 0 aromatic heterocycles. The van der Waals surface area contributed by atoms with Crippen LogP contribution in [0.1, 0.15) is 37.0 Å². The molecule has 2 rings (SSSR count). The van der Waals surface area contributed by atoms with Crippen molar-refractivity contribution in [2.24, 2.45) is 0 Å². The summed E-state index contributed by atoms with van der Waals surface area (Å²) < 4.78 is 17.7. The summed E-state index contributed by atoms with van der Waals surface area (Å²) in [7, 11) is 1.47. The van der Waals surface area contributed by atoms with Crippen LogP contribution < -0.4 is 20.1 Å². The Morgan fingerprint density at radius 3 is 2.73 bits per heavy atom. The average molecular weight is 576 g/mol. The maximum atomic E-state index is 12.6. The molecule has 1 aliphatic rings. The highest BCUT2D eigenvalue weighted by molar-refractivity contribution is 14.1. The van der Waals surface area contributed by atoms with Gasteiger partial charge in [-0.1, -0.05) is 0 Å². The van der Waals surface area contributed by atoms with E-state index in [2.05, 4.69) is 10.6 Å². The standard InChI is InChI=1S/C23H33IN2O7/c1-14(2)32-8-4-5-25-18-11-16(23(30)26-6-7-27)12-19(21(18)29)33-22-17(24)9-15(13-28)10-20(22)31-3/h9-10,12-14,18-19,21,25,27,29H,4-8,11H2,1-3H3,(H,26,30). The van der Waals surface area contributed by atoms with E-state index in [1.807, 2.05) is 36.4 Å². The number of benzene rings is 1. The van der Waals surface area contributed by atoms with Gasteiger partial charge in [-0.25, -0.2) is 0 Å². The van der Waals surface area contributed by atoms with Gasteiger partial charge in [0, 0.05) is 30.3 Å². The quantitative estimate of drug-likeness (QED) is 0.158. The molecule has 10 heteroatoms. The number of methoxy groups -OCH3 is 1. The lowest BCUT2D eigenvalue weighted by Gasteiger charge is -2.34. The minimum Gasteiger partial charge on any atom is -0.493 e. The summed E-state index contributed by atoms with van der Waals surface area (Å²) in [4.78, 5) is 23.8. The Bertz CT molecular complexity index is 831. The second kappa shape index (κ2) is 13.9. The predicted octanol–water partition coefficient (Wildman–Crippen LogP) is 1.43. The molecule has 4 N–H and O–H groups in total. The number of hydrogen-bond donors (Lipinski definition) is 4. The fourth-order valence-corrected chi connectivity index (χ4v) is 4.19. The number of hydrogen-bond acceptors (Lipinski definition) is 8. The van der Waals surface area contributed by atoms with Crippen molar-refractivity contribution in [3.8, 4) is 11.5 Å². The summed E-state index contributed by atoms with van der Waals surface area (Å²) in [6, 6.07) is 2.79. The molecule has 9 nitrogen and oxygen atoms in total. The van der Waals surface area contributed by atoms with Gasteiger partial charge in [0.2, 0.25) is 5.91 Å². The third-order valence-corrected chi connectivity index (χ3v) is 5.87. The van der Waals surface area contributed by atoms with E-state index in [1.54, 1.807) is 18.2 Å². The van der Waals surface area contributed by atoms with Crippen molar-refractivity contribution in [2.75, 3.05) is 33.4 Å². The van der Waals surface area contributed by atoms with Crippen LogP contribution in [0.25, 0.3) is 0 Å². The van der Waals surface area contributed by atoms with Gasteiger partial charge in [0.05, 0.1) is 23.4 Å². The van der Waals surface area contributed by atoms with E-state index >= 15 is 0 Å². The molecule has 0 heterocycles. The van der Waals surface area contributed by atoms with Crippen LogP contribution in [0.15, 0.2) is 23.8 Å². The molecule has 1 aromatic rings. The first-order chi connectivity index (χ1) is 15.8. The van der Waals surface area contributed by atoms with Crippen molar-refractivity contribution in [3.05, 3.63) is 32.9 Å². The van der Waals surface area contributed by atoms with E-state index in [1.165, 1.54) is 7.11 Å². The molecule has 184 valence electrons. The van der Waals surface area contributed by atoms with Crippen LogP contribution >= 0.6 is 22.6 Å². The number of amides is 1. The summed E-state index contributed by atoms with van der Waals surface area (Å²) in [5.41, 5.74) is 0.892. The van der Waals surface area contributed by atoms with Gasteiger partial charge in [0.15, 0.2) is 11.5 Å². The largest absolute Gasteiger partial charge is 0.493 e. The van der Waals surface area contributed by atoms with Crippen LogP contribution in [0, 0.1) is 3.57 Å². The molecule has 0 aliphatic heterocycles. The lowest BCUT2D eigenvalue weighted by atomic mass is 9.89. The summed E-state index contributed by atoms with van der Waals surface area (Å²) in [5.74, 6) is 0.416. The van der Waals surface area contributed by atoms with Gasteiger partial charge < -0.3 is 35.1 Å². The van der Waals surface area contributed by atoms with Crippen LogP contribution in [0.5, 0.6) is 11.5 Å². The third kappa shape index (κ3) is 8.21. The van der Waals surface area contributed by atoms with Gasteiger partial charge in [-0.05, 0) is 74.0 Å². The monoisotopic (exact) mass is 576 g/mol. The smallest absolute Gasteiger partial charge is 0.247 e. The van der Waals surface area contributed by atoms with Gasteiger partial charge in [0.1, 0.15) is 18.5 Å². The Hall–Kier alpha value is -1.73. The third-order valence-electron chi connectivity index (χ3n) is 5.06. The molecule has 3 unspecified atom stereocenters. The summed E-state index contributed by atoms with van der Waals surface area (Å²) >= 11 is 2.04. The number of aliphatic hydroxyl groups excluding tert-OH is 2. The number of carbonyl (C=O) groups excluding carboxylic acids is 2. The Morgan fingerprint density at radius 2 is 2.09 bits per heavy atom. The molecular formula is C23H33IN2O7. The molecule has 1 amide bonds. The van der Waals surface area contributed by atoms with Crippen LogP contribution in [0.3, 0.4) is 0 Å². The van der Waals surface area contributed by atoms with E-state index in [-0.39, 0.29) is 25.2 Å². The second-order valence-electron chi connectivity index (χ2n) is 7.93. The van der Waals surface area contributed by atoms with E-state index < -0.39 is 18.2 Å². The average Bonchev–Trinajstić information content (AvgIpc) is 2.79. The minimum atomic E-state index is -0.934. The zero-order valence-electron chi connectivity index (χ0n) is 19.2. The molecule has 1 aromatic carbocycles. The molecule has 0 saturated carbocycles. The number of halogens is 1. The number of carbonyl (C=O) groups is 2. The Kier molecular flexibility index (Phi) is 11.5. The van der Waals surface area contributed by atoms with Crippen LogP contribution in [-0.2, 0) is 9.53 Å².